The summed E-state index contributed by atoms with van der Waals surface area (Å²) < 4.78 is 40.6. The maximum absolute atomic E-state index is 12.3. The Morgan fingerprint density at radius 2 is 2.08 bits per heavy atom. The molecule has 1 aromatic rings. The summed E-state index contributed by atoms with van der Waals surface area (Å²) in [5.41, 5.74) is 5.92. The third-order valence-electron chi connectivity index (χ3n) is 3.89. The molecular weight excluding hydrogens is 381 g/mol. The van der Waals surface area contributed by atoms with Gasteiger partial charge in [-0.05, 0) is 23.3 Å². The zero-order chi connectivity index (χ0) is 18.4. The minimum atomic E-state index is -4.98. The van der Waals surface area contributed by atoms with E-state index in [4.69, 9.17) is 15.0 Å². The molecule has 2 aliphatic rings. The standard InChI is InChI=1S/C13H15N3O8S.Na/c14-3-4-23-7-1-2-8-9(5-7)10-6-15(11(8)12(17)18)13(19)16(10)24-25(20,21)22;/h1-2,5,10-11H,3-4,6,14H2,(H,17,18)(H,20,21,22);/q;+1/p-1/t10-,11+;/m0./s1. The van der Waals surface area contributed by atoms with E-state index < -0.39 is 34.5 Å². The number of urea groups is 1. The zero-order valence-corrected chi connectivity index (χ0v) is 16.5. The Balaban J connectivity index is 0.00000243. The molecule has 2 atom stereocenters. The number of rotatable bonds is 6. The van der Waals surface area contributed by atoms with E-state index in [0.29, 0.717) is 16.4 Å². The molecule has 26 heavy (non-hydrogen) atoms. The molecule has 1 saturated heterocycles. The summed E-state index contributed by atoms with van der Waals surface area (Å²) in [6.45, 7) is 0.316. The van der Waals surface area contributed by atoms with Crippen LogP contribution in [-0.2, 0) is 19.5 Å². The molecular formula is C13H14N3NaO8S. The molecule has 0 unspecified atom stereocenters. The van der Waals surface area contributed by atoms with Gasteiger partial charge in [0, 0.05) is 6.54 Å². The molecule has 13 heteroatoms. The minimum absolute atomic E-state index is 0. The van der Waals surface area contributed by atoms with Crippen LogP contribution >= 0.6 is 0 Å². The van der Waals surface area contributed by atoms with Crippen molar-refractivity contribution in [1.82, 2.24) is 9.96 Å². The van der Waals surface area contributed by atoms with E-state index in [9.17, 15) is 23.1 Å². The molecule has 1 aromatic carbocycles. The van der Waals surface area contributed by atoms with Crippen molar-refractivity contribution >= 4 is 22.4 Å². The van der Waals surface area contributed by atoms with E-state index in [1.807, 2.05) is 0 Å². The minimum Gasteiger partial charge on any atom is -0.548 e. The first-order valence-electron chi connectivity index (χ1n) is 7.17. The average molecular weight is 395 g/mol. The van der Waals surface area contributed by atoms with E-state index in [0.717, 1.165) is 4.90 Å². The zero-order valence-electron chi connectivity index (χ0n) is 13.7. The largest absolute Gasteiger partial charge is 1.00 e. The number of nitrogens with zero attached hydrogens (tertiary/aromatic N) is 2. The molecule has 2 heterocycles. The number of benzene rings is 1. The number of carbonyl (C=O) groups excluding carboxylic acids is 2. The molecule has 1 fully saturated rings. The van der Waals surface area contributed by atoms with Crippen LogP contribution in [0.5, 0.6) is 5.75 Å². The number of ether oxygens (including phenoxy) is 1. The van der Waals surface area contributed by atoms with Crippen LogP contribution in [0.25, 0.3) is 0 Å². The second-order valence-electron chi connectivity index (χ2n) is 5.43. The normalized spacial score (nSPS) is 21.2. The summed E-state index contributed by atoms with van der Waals surface area (Å²) in [5.74, 6) is -1.17. The predicted octanol–water partition coefficient (Wildman–Crippen LogP) is -4.65. The summed E-state index contributed by atoms with van der Waals surface area (Å²) in [7, 11) is -4.98. The van der Waals surface area contributed by atoms with Gasteiger partial charge >= 0.3 is 46.0 Å². The number of amides is 2. The van der Waals surface area contributed by atoms with Crippen molar-refractivity contribution in [1.29, 1.82) is 0 Å². The van der Waals surface area contributed by atoms with Crippen molar-refractivity contribution in [3.63, 3.8) is 0 Å². The molecule has 0 aromatic heterocycles. The van der Waals surface area contributed by atoms with Crippen LogP contribution in [0.2, 0.25) is 0 Å². The predicted molar refractivity (Wildman–Crippen MR) is 78.1 cm³/mol. The van der Waals surface area contributed by atoms with E-state index in [-0.39, 0.29) is 54.8 Å². The SMILES string of the molecule is NCCOc1ccc2c(c1)[C@@H]1CN(C(=O)N1OS(=O)(=O)O)[C@H]2C(=O)[O-].[Na+]. The number of carboxylic acid groups (broad SMARTS) is 1. The van der Waals surface area contributed by atoms with Crippen molar-refractivity contribution in [2.45, 2.75) is 12.1 Å². The molecule has 0 aliphatic carbocycles. The average Bonchev–Trinajstić information content (AvgIpc) is 2.78. The van der Waals surface area contributed by atoms with Crippen LogP contribution in [-0.4, -0.2) is 54.6 Å². The van der Waals surface area contributed by atoms with Crippen molar-refractivity contribution in [3.8, 4) is 5.75 Å². The fourth-order valence-corrected chi connectivity index (χ4v) is 3.37. The van der Waals surface area contributed by atoms with Crippen LogP contribution in [0.15, 0.2) is 18.2 Å². The number of fused-ring (bicyclic) bond motifs is 4. The molecule has 3 N–H and O–H groups in total. The summed E-state index contributed by atoms with van der Waals surface area (Å²) in [5, 5.41) is 11.9. The summed E-state index contributed by atoms with van der Waals surface area (Å²) >= 11 is 0. The van der Waals surface area contributed by atoms with Gasteiger partial charge in [-0.15, -0.1) is 4.28 Å². The van der Waals surface area contributed by atoms with Crippen LogP contribution in [0.1, 0.15) is 23.2 Å². The van der Waals surface area contributed by atoms with Gasteiger partial charge in [0.05, 0.1) is 18.6 Å². The number of carboxylic acids is 1. The van der Waals surface area contributed by atoms with Crippen LogP contribution in [0, 0.1) is 0 Å². The molecule has 136 valence electrons. The van der Waals surface area contributed by atoms with Crippen molar-refractivity contribution in [2.75, 3.05) is 19.7 Å². The molecule has 2 bridgehead atoms. The second-order valence-corrected chi connectivity index (χ2v) is 6.43. The number of hydroxylamine groups is 2. The Kier molecular flexibility index (Phi) is 6.17. The fourth-order valence-electron chi connectivity index (χ4n) is 3.00. The van der Waals surface area contributed by atoms with Crippen LogP contribution in [0.4, 0.5) is 4.79 Å². The maximum atomic E-state index is 12.3. The first-order chi connectivity index (χ1) is 11.7. The van der Waals surface area contributed by atoms with Crippen molar-refractivity contribution in [2.24, 2.45) is 5.73 Å². The number of hydrogen-bond donors (Lipinski definition) is 2. The quantitative estimate of drug-likeness (QED) is 0.356. The molecule has 11 nitrogen and oxygen atoms in total. The van der Waals surface area contributed by atoms with Gasteiger partial charge < -0.3 is 25.3 Å². The molecule has 2 amide bonds. The maximum Gasteiger partial charge on any atom is 1.00 e. The first-order valence-corrected chi connectivity index (χ1v) is 8.54. The van der Waals surface area contributed by atoms with Gasteiger partial charge in [0.1, 0.15) is 18.4 Å². The van der Waals surface area contributed by atoms with Gasteiger partial charge in [-0.3, -0.25) is 4.55 Å². The molecule has 2 aliphatic heterocycles. The summed E-state index contributed by atoms with van der Waals surface area (Å²) in [6.07, 6.45) is 0. The second kappa shape index (κ2) is 7.68. The van der Waals surface area contributed by atoms with Gasteiger partial charge in [0.25, 0.3) is 0 Å². The Morgan fingerprint density at radius 1 is 1.38 bits per heavy atom. The Hall–Kier alpha value is -1.41. The molecule has 0 spiro atoms. The third kappa shape index (κ3) is 3.81. The van der Waals surface area contributed by atoms with Crippen LogP contribution < -0.4 is 45.1 Å². The van der Waals surface area contributed by atoms with Gasteiger partial charge in [0.15, 0.2) is 0 Å². The van der Waals surface area contributed by atoms with E-state index in [1.165, 1.54) is 18.2 Å². The number of aliphatic carboxylic acids is 1. The van der Waals surface area contributed by atoms with Gasteiger partial charge in [-0.25, -0.2) is 4.79 Å². The van der Waals surface area contributed by atoms with Crippen LogP contribution in [0.3, 0.4) is 0 Å². The van der Waals surface area contributed by atoms with E-state index >= 15 is 0 Å². The number of nitrogens with two attached hydrogens (primary N) is 1. The van der Waals surface area contributed by atoms with Gasteiger partial charge in [-0.2, -0.15) is 13.5 Å². The first kappa shape index (κ1) is 20.9. The monoisotopic (exact) mass is 395 g/mol. The topological polar surface area (TPSA) is 163 Å². The number of hydrogen-bond acceptors (Lipinski definition) is 8. The third-order valence-corrected chi connectivity index (χ3v) is 4.24. The van der Waals surface area contributed by atoms with Gasteiger partial charge in [0.2, 0.25) is 0 Å². The Morgan fingerprint density at radius 3 is 2.65 bits per heavy atom. The van der Waals surface area contributed by atoms with E-state index in [1.54, 1.807) is 0 Å². The Bertz CT molecular complexity index is 833. The van der Waals surface area contributed by atoms with Gasteiger partial charge in [-0.1, -0.05) is 6.07 Å². The van der Waals surface area contributed by atoms with E-state index in [2.05, 4.69) is 4.28 Å². The number of carbonyl (C=O) groups is 2. The summed E-state index contributed by atoms with van der Waals surface area (Å²) in [4.78, 5) is 24.7. The fraction of sp³-hybridized carbons (Fsp3) is 0.385. The van der Waals surface area contributed by atoms with Crippen molar-refractivity contribution in [3.05, 3.63) is 29.3 Å². The molecule has 0 saturated carbocycles. The smallest absolute Gasteiger partial charge is 0.548 e. The summed E-state index contributed by atoms with van der Waals surface area (Å²) in [6, 6.07) is 1.05. The Labute approximate surface area is 170 Å². The molecule has 0 radical (unpaired) electrons. The van der Waals surface area contributed by atoms with Crippen molar-refractivity contribution < 1.29 is 66.2 Å². The molecule has 3 rings (SSSR count).